The lowest BCUT2D eigenvalue weighted by Crippen LogP contribution is -2.42. The van der Waals surface area contributed by atoms with Crippen LogP contribution in [0.4, 0.5) is 4.79 Å². The molecule has 0 radical (unpaired) electrons. The molecule has 1 saturated heterocycles. The Bertz CT molecular complexity index is 655. The number of likely N-dealkylation sites (tertiary alicyclic amines) is 1. The van der Waals surface area contributed by atoms with Gasteiger partial charge >= 0.3 is 6.09 Å². The van der Waals surface area contributed by atoms with Crippen LogP contribution in [0.2, 0.25) is 0 Å². The Hall–Kier alpha value is -2.62. The van der Waals surface area contributed by atoms with Crippen LogP contribution in [0, 0.1) is 0 Å². The molecular weight excluding hydrogens is 278 g/mol. The van der Waals surface area contributed by atoms with Gasteiger partial charge in [-0.2, -0.15) is 0 Å². The first-order valence-corrected chi connectivity index (χ1v) is 7.34. The Morgan fingerprint density at radius 2 is 1.64 bits per heavy atom. The molecule has 1 aliphatic heterocycles. The van der Waals surface area contributed by atoms with Gasteiger partial charge in [0.15, 0.2) is 0 Å². The second-order valence-corrected chi connectivity index (χ2v) is 5.29. The van der Waals surface area contributed by atoms with E-state index in [-0.39, 0.29) is 11.8 Å². The summed E-state index contributed by atoms with van der Waals surface area (Å²) in [4.78, 5) is 25.9. The molecule has 1 amide bonds. The van der Waals surface area contributed by atoms with E-state index in [2.05, 4.69) is 0 Å². The van der Waals surface area contributed by atoms with Crippen molar-refractivity contribution in [2.75, 3.05) is 6.54 Å². The van der Waals surface area contributed by atoms with Crippen LogP contribution in [-0.4, -0.2) is 23.3 Å². The molecule has 1 unspecified atom stereocenters. The van der Waals surface area contributed by atoms with Crippen LogP contribution in [0.1, 0.15) is 24.4 Å². The zero-order valence-corrected chi connectivity index (χ0v) is 12.1. The molecule has 4 nitrogen and oxygen atoms in total. The highest BCUT2D eigenvalue weighted by Crippen LogP contribution is 2.30. The Morgan fingerprint density at radius 1 is 1.00 bits per heavy atom. The number of amides is 1. The van der Waals surface area contributed by atoms with Crippen LogP contribution < -0.4 is 4.74 Å². The topological polar surface area (TPSA) is 46.6 Å². The van der Waals surface area contributed by atoms with E-state index in [9.17, 15) is 9.59 Å². The average molecular weight is 295 g/mol. The molecule has 22 heavy (non-hydrogen) atoms. The molecule has 1 heterocycles. The fraction of sp³-hybridized carbons (Fsp3) is 0.222. The zero-order valence-electron chi connectivity index (χ0n) is 12.1. The summed E-state index contributed by atoms with van der Waals surface area (Å²) in [5, 5.41) is 0. The number of para-hydroxylation sites is 1. The first-order valence-electron chi connectivity index (χ1n) is 7.34. The summed E-state index contributed by atoms with van der Waals surface area (Å²) in [5.41, 5.74) is 0.959. The summed E-state index contributed by atoms with van der Waals surface area (Å²) < 4.78 is 5.42. The van der Waals surface area contributed by atoms with Crippen LogP contribution >= 0.6 is 0 Å². The monoisotopic (exact) mass is 295 g/mol. The molecule has 3 rings (SSSR count). The number of benzene rings is 2. The standard InChI is InChI=1S/C18H17NO3/c20-15-11-12-19(17(13-15)14-7-3-1-4-8-14)18(21)22-16-9-5-2-6-10-16/h1-10,17H,11-13H2. The van der Waals surface area contributed by atoms with Gasteiger partial charge in [0.1, 0.15) is 11.5 Å². The van der Waals surface area contributed by atoms with Crippen molar-refractivity contribution in [3.63, 3.8) is 0 Å². The minimum Gasteiger partial charge on any atom is -0.410 e. The molecule has 1 atom stereocenters. The Labute approximate surface area is 129 Å². The van der Waals surface area contributed by atoms with Crippen molar-refractivity contribution in [1.29, 1.82) is 0 Å². The molecule has 0 bridgehead atoms. The molecule has 0 aromatic heterocycles. The zero-order chi connectivity index (χ0) is 15.4. The van der Waals surface area contributed by atoms with E-state index in [0.717, 1.165) is 5.56 Å². The Balaban J connectivity index is 1.80. The van der Waals surface area contributed by atoms with Crippen molar-refractivity contribution in [3.8, 4) is 5.75 Å². The number of ketones is 1. The molecule has 0 N–H and O–H groups in total. The van der Waals surface area contributed by atoms with Crippen LogP contribution in [0.15, 0.2) is 60.7 Å². The molecule has 4 heteroatoms. The minimum atomic E-state index is -0.410. The maximum absolute atomic E-state index is 12.5. The number of nitrogens with zero attached hydrogens (tertiary/aromatic N) is 1. The first-order chi connectivity index (χ1) is 10.7. The molecule has 1 aliphatic rings. The summed E-state index contributed by atoms with van der Waals surface area (Å²) in [5.74, 6) is 0.689. The van der Waals surface area contributed by atoms with Gasteiger partial charge in [-0.15, -0.1) is 0 Å². The number of carbonyl (C=O) groups excluding carboxylic acids is 2. The number of Topliss-reactive ketones (excluding diaryl/α,β-unsaturated/α-hetero) is 1. The maximum atomic E-state index is 12.5. The second kappa shape index (κ2) is 6.43. The van der Waals surface area contributed by atoms with Crippen molar-refractivity contribution in [1.82, 2.24) is 4.90 Å². The quantitative estimate of drug-likeness (QED) is 0.850. The highest BCUT2D eigenvalue weighted by atomic mass is 16.6. The van der Waals surface area contributed by atoms with Gasteiger partial charge in [0.25, 0.3) is 0 Å². The van der Waals surface area contributed by atoms with Crippen LogP contribution in [0.3, 0.4) is 0 Å². The predicted molar refractivity (Wildman–Crippen MR) is 82.6 cm³/mol. The van der Waals surface area contributed by atoms with Gasteiger partial charge in [0, 0.05) is 19.4 Å². The van der Waals surface area contributed by atoms with Crippen molar-refractivity contribution >= 4 is 11.9 Å². The summed E-state index contributed by atoms with van der Waals surface area (Å²) in [7, 11) is 0. The average Bonchev–Trinajstić information content (AvgIpc) is 2.56. The lowest BCUT2D eigenvalue weighted by molar-refractivity contribution is -0.122. The smallest absolute Gasteiger partial charge is 0.410 e. The van der Waals surface area contributed by atoms with E-state index in [4.69, 9.17) is 4.74 Å². The van der Waals surface area contributed by atoms with Crippen molar-refractivity contribution in [3.05, 3.63) is 66.2 Å². The fourth-order valence-electron chi connectivity index (χ4n) is 2.67. The fourth-order valence-corrected chi connectivity index (χ4v) is 2.67. The van der Waals surface area contributed by atoms with Gasteiger partial charge in [0.05, 0.1) is 6.04 Å². The summed E-state index contributed by atoms with van der Waals surface area (Å²) in [6.45, 7) is 0.393. The van der Waals surface area contributed by atoms with Crippen molar-refractivity contribution in [2.45, 2.75) is 18.9 Å². The first kappa shape index (κ1) is 14.3. The van der Waals surface area contributed by atoms with Gasteiger partial charge in [-0.1, -0.05) is 48.5 Å². The van der Waals surface area contributed by atoms with Gasteiger partial charge in [-0.3, -0.25) is 9.69 Å². The SMILES string of the molecule is O=C1CCN(C(=O)Oc2ccccc2)C(c2ccccc2)C1. The van der Waals surface area contributed by atoms with E-state index in [0.29, 0.717) is 25.1 Å². The molecule has 112 valence electrons. The highest BCUT2D eigenvalue weighted by molar-refractivity contribution is 5.83. The van der Waals surface area contributed by atoms with E-state index in [1.54, 1.807) is 17.0 Å². The lowest BCUT2D eigenvalue weighted by atomic mass is 9.95. The van der Waals surface area contributed by atoms with E-state index < -0.39 is 6.09 Å². The van der Waals surface area contributed by atoms with Gasteiger partial charge in [-0.25, -0.2) is 4.79 Å². The van der Waals surface area contributed by atoms with Gasteiger partial charge in [0.2, 0.25) is 0 Å². The van der Waals surface area contributed by atoms with Crippen LogP contribution in [-0.2, 0) is 4.79 Å². The number of hydrogen-bond donors (Lipinski definition) is 0. The number of rotatable bonds is 2. The molecule has 0 spiro atoms. The third-order valence-electron chi connectivity index (χ3n) is 3.80. The van der Waals surface area contributed by atoms with Gasteiger partial charge < -0.3 is 4.74 Å². The molecular formula is C18H17NO3. The predicted octanol–water partition coefficient (Wildman–Crippen LogP) is 3.59. The summed E-state index contributed by atoms with van der Waals surface area (Å²) in [6, 6.07) is 18.3. The minimum absolute atomic E-state index is 0.178. The molecule has 1 fully saturated rings. The van der Waals surface area contributed by atoms with Crippen molar-refractivity contribution < 1.29 is 14.3 Å². The van der Waals surface area contributed by atoms with Crippen LogP contribution in [0.25, 0.3) is 0 Å². The summed E-state index contributed by atoms with van der Waals surface area (Å²) in [6.07, 6.45) is 0.314. The largest absolute Gasteiger partial charge is 0.415 e. The van der Waals surface area contributed by atoms with E-state index in [1.807, 2.05) is 48.5 Å². The highest BCUT2D eigenvalue weighted by Gasteiger charge is 2.32. The Kier molecular flexibility index (Phi) is 4.19. The molecule has 2 aromatic carbocycles. The number of hydrogen-bond acceptors (Lipinski definition) is 3. The number of carbonyl (C=O) groups is 2. The normalized spacial score (nSPS) is 18.1. The maximum Gasteiger partial charge on any atom is 0.415 e. The number of ether oxygens (including phenoxy) is 1. The third kappa shape index (κ3) is 3.17. The van der Waals surface area contributed by atoms with Gasteiger partial charge in [-0.05, 0) is 17.7 Å². The summed E-state index contributed by atoms with van der Waals surface area (Å²) >= 11 is 0. The Morgan fingerprint density at radius 3 is 2.32 bits per heavy atom. The third-order valence-corrected chi connectivity index (χ3v) is 3.80. The van der Waals surface area contributed by atoms with Crippen LogP contribution in [0.5, 0.6) is 5.75 Å². The number of piperidine rings is 1. The van der Waals surface area contributed by atoms with Crippen molar-refractivity contribution in [2.24, 2.45) is 0 Å². The van der Waals surface area contributed by atoms with E-state index >= 15 is 0 Å². The molecule has 0 saturated carbocycles. The van der Waals surface area contributed by atoms with E-state index in [1.165, 1.54) is 0 Å². The lowest BCUT2D eigenvalue weighted by Gasteiger charge is -2.34. The molecule has 0 aliphatic carbocycles. The second-order valence-electron chi connectivity index (χ2n) is 5.29. The molecule has 2 aromatic rings.